The summed E-state index contributed by atoms with van der Waals surface area (Å²) in [5.74, 6) is -0.0447. The van der Waals surface area contributed by atoms with Crippen LogP contribution in [0.5, 0.6) is 5.75 Å². The monoisotopic (exact) mass is 371 g/mol. The van der Waals surface area contributed by atoms with Crippen LogP contribution in [-0.4, -0.2) is 40.8 Å². The predicted octanol–water partition coefficient (Wildman–Crippen LogP) is 1.02. The number of benzene rings is 1. The minimum atomic E-state index is -3.21. The van der Waals surface area contributed by atoms with E-state index in [9.17, 15) is 13.2 Å². The Morgan fingerprint density at radius 1 is 1.36 bits per heavy atom. The average molecular weight is 372 g/mol. The molecule has 1 rings (SSSR count). The number of halogens is 2. The van der Waals surface area contributed by atoms with Crippen molar-refractivity contribution in [2.75, 3.05) is 32.2 Å². The zero-order valence-corrected chi connectivity index (χ0v) is 14.6. The van der Waals surface area contributed by atoms with Crippen LogP contribution in [0.15, 0.2) is 12.1 Å². The van der Waals surface area contributed by atoms with E-state index in [0.717, 1.165) is 6.26 Å². The summed E-state index contributed by atoms with van der Waals surface area (Å²) in [4.78, 5) is 12.0. The number of carbonyl (C=O) groups excluding carboxylic acids is 1. The molecule has 0 aliphatic carbocycles. The molecule has 1 aromatic rings. The molecule has 126 valence electrons. The van der Waals surface area contributed by atoms with Crippen LogP contribution < -0.4 is 20.5 Å². The van der Waals surface area contributed by atoms with Gasteiger partial charge in [0.05, 0.1) is 29.6 Å². The van der Waals surface area contributed by atoms with Crippen LogP contribution >= 0.6 is 24.0 Å². The van der Waals surface area contributed by atoms with Gasteiger partial charge in [0.15, 0.2) is 0 Å². The zero-order valence-electron chi connectivity index (χ0n) is 12.2. The lowest BCUT2D eigenvalue weighted by Crippen LogP contribution is -2.29. The van der Waals surface area contributed by atoms with Gasteiger partial charge in [0, 0.05) is 19.2 Å². The van der Waals surface area contributed by atoms with E-state index in [0.29, 0.717) is 24.4 Å². The van der Waals surface area contributed by atoms with Crippen LogP contribution in [0, 0.1) is 0 Å². The fraction of sp³-hybridized carbons (Fsp3) is 0.417. The molecule has 0 atom stereocenters. The Bertz CT molecular complexity index is 623. The van der Waals surface area contributed by atoms with Crippen molar-refractivity contribution in [1.29, 1.82) is 0 Å². The summed E-state index contributed by atoms with van der Waals surface area (Å²) < 4.78 is 29.1. The van der Waals surface area contributed by atoms with E-state index in [1.54, 1.807) is 0 Å². The molecule has 7 nitrogen and oxygen atoms in total. The first-order valence-corrected chi connectivity index (χ1v) is 8.37. The van der Waals surface area contributed by atoms with E-state index in [-0.39, 0.29) is 35.4 Å². The van der Waals surface area contributed by atoms with Gasteiger partial charge >= 0.3 is 0 Å². The molecule has 0 bridgehead atoms. The highest BCUT2D eigenvalue weighted by molar-refractivity contribution is 7.88. The molecule has 0 unspecified atom stereocenters. The smallest absolute Gasteiger partial charge is 0.255 e. The molecule has 10 heteroatoms. The standard InChI is InChI=1S/C12H18ClN3O4S.ClH/c1-20-11-7-10(14)9(13)6-8(11)12(17)15-4-3-5-16-21(2,18)19;/h6-7,16H,3-5,14H2,1-2H3,(H,15,17);1H. The highest BCUT2D eigenvalue weighted by atomic mass is 35.5. The van der Waals surface area contributed by atoms with Crippen molar-refractivity contribution >= 4 is 45.6 Å². The number of methoxy groups -OCH3 is 1. The molecule has 0 spiro atoms. The molecule has 4 N–H and O–H groups in total. The van der Waals surface area contributed by atoms with Gasteiger partial charge in [-0.15, -0.1) is 12.4 Å². The van der Waals surface area contributed by atoms with Crippen LogP contribution in [-0.2, 0) is 10.0 Å². The van der Waals surface area contributed by atoms with Crippen molar-refractivity contribution in [2.24, 2.45) is 0 Å². The van der Waals surface area contributed by atoms with Gasteiger partial charge < -0.3 is 15.8 Å². The Morgan fingerprint density at radius 2 is 2.00 bits per heavy atom. The summed E-state index contributed by atoms with van der Waals surface area (Å²) in [5, 5.41) is 2.92. The third kappa shape index (κ3) is 6.69. The van der Waals surface area contributed by atoms with Crippen molar-refractivity contribution < 1.29 is 17.9 Å². The van der Waals surface area contributed by atoms with E-state index >= 15 is 0 Å². The van der Waals surface area contributed by atoms with Gasteiger partial charge in [0.2, 0.25) is 10.0 Å². The maximum atomic E-state index is 12.0. The van der Waals surface area contributed by atoms with E-state index in [1.807, 2.05) is 0 Å². The minimum absolute atomic E-state index is 0. The molecule has 0 aromatic heterocycles. The lowest BCUT2D eigenvalue weighted by Gasteiger charge is -2.11. The number of nitrogen functional groups attached to an aromatic ring is 1. The maximum Gasteiger partial charge on any atom is 0.255 e. The largest absolute Gasteiger partial charge is 0.496 e. The molecule has 0 saturated heterocycles. The molecular formula is C12H19Cl2N3O4S. The van der Waals surface area contributed by atoms with Crippen molar-refractivity contribution in [3.05, 3.63) is 22.7 Å². The van der Waals surface area contributed by atoms with E-state index in [1.165, 1.54) is 19.2 Å². The molecule has 1 aromatic carbocycles. The van der Waals surface area contributed by atoms with Crippen LogP contribution in [0.1, 0.15) is 16.8 Å². The van der Waals surface area contributed by atoms with Crippen molar-refractivity contribution in [3.8, 4) is 5.75 Å². The number of carbonyl (C=O) groups is 1. The number of nitrogens with two attached hydrogens (primary N) is 1. The van der Waals surface area contributed by atoms with Crippen LogP contribution in [0.3, 0.4) is 0 Å². The Balaban J connectivity index is 0.00000441. The van der Waals surface area contributed by atoms with Gasteiger partial charge in [-0.05, 0) is 12.5 Å². The Labute approximate surface area is 141 Å². The molecule has 0 aliphatic rings. The van der Waals surface area contributed by atoms with Gasteiger partial charge in [0.1, 0.15) is 5.75 Å². The van der Waals surface area contributed by atoms with Gasteiger partial charge in [-0.25, -0.2) is 13.1 Å². The minimum Gasteiger partial charge on any atom is -0.496 e. The maximum absolute atomic E-state index is 12.0. The van der Waals surface area contributed by atoms with E-state index in [2.05, 4.69) is 10.0 Å². The fourth-order valence-corrected chi connectivity index (χ4v) is 2.24. The van der Waals surface area contributed by atoms with Gasteiger partial charge in [-0.1, -0.05) is 11.6 Å². The molecule has 0 aliphatic heterocycles. The third-order valence-electron chi connectivity index (χ3n) is 2.57. The van der Waals surface area contributed by atoms with Crippen LogP contribution in [0.25, 0.3) is 0 Å². The van der Waals surface area contributed by atoms with E-state index in [4.69, 9.17) is 22.1 Å². The fourth-order valence-electron chi connectivity index (χ4n) is 1.56. The van der Waals surface area contributed by atoms with Crippen molar-refractivity contribution in [3.63, 3.8) is 0 Å². The van der Waals surface area contributed by atoms with Crippen molar-refractivity contribution in [2.45, 2.75) is 6.42 Å². The predicted molar refractivity (Wildman–Crippen MR) is 89.5 cm³/mol. The van der Waals surface area contributed by atoms with Crippen LogP contribution in [0.4, 0.5) is 5.69 Å². The summed E-state index contributed by atoms with van der Waals surface area (Å²) in [7, 11) is -1.79. The number of amides is 1. The average Bonchev–Trinajstić information content (AvgIpc) is 2.39. The summed E-state index contributed by atoms with van der Waals surface area (Å²) in [6.07, 6.45) is 1.54. The first-order chi connectivity index (χ1) is 9.74. The molecule has 0 fully saturated rings. The number of rotatable bonds is 7. The highest BCUT2D eigenvalue weighted by Crippen LogP contribution is 2.28. The number of sulfonamides is 1. The van der Waals surface area contributed by atoms with Crippen molar-refractivity contribution in [1.82, 2.24) is 10.0 Å². The second-order valence-corrected chi connectivity index (χ2v) is 6.59. The zero-order chi connectivity index (χ0) is 16.0. The molecule has 1 amide bonds. The summed E-state index contributed by atoms with van der Waals surface area (Å²) >= 11 is 5.88. The SMILES string of the molecule is COc1cc(N)c(Cl)cc1C(=O)NCCCNS(C)(=O)=O.Cl. The molecule has 0 radical (unpaired) electrons. The Morgan fingerprint density at radius 3 is 2.55 bits per heavy atom. The number of anilines is 1. The first kappa shape index (κ1) is 20.8. The highest BCUT2D eigenvalue weighted by Gasteiger charge is 2.14. The Kier molecular flexibility index (Phi) is 8.54. The number of ether oxygens (including phenoxy) is 1. The molecular weight excluding hydrogens is 353 g/mol. The lowest BCUT2D eigenvalue weighted by atomic mass is 10.1. The van der Waals surface area contributed by atoms with Gasteiger partial charge in [0.25, 0.3) is 5.91 Å². The molecule has 22 heavy (non-hydrogen) atoms. The number of nitrogens with one attached hydrogen (secondary N) is 2. The normalized spacial score (nSPS) is 10.7. The summed E-state index contributed by atoms with van der Waals surface area (Å²) in [6.45, 7) is 0.561. The lowest BCUT2D eigenvalue weighted by molar-refractivity contribution is 0.0950. The van der Waals surface area contributed by atoms with Crippen LogP contribution in [0.2, 0.25) is 5.02 Å². The second-order valence-electron chi connectivity index (χ2n) is 4.35. The Hall–Kier alpha value is -1.22. The second kappa shape index (κ2) is 9.04. The topological polar surface area (TPSA) is 111 Å². The number of hydrogen-bond donors (Lipinski definition) is 3. The van der Waals surface area contributed by atoms with Gasteiger partial charge in [-0.3, -0.25) is 4.79 Å². The first-order valence-electron chi connectivity index (χ1n) is 6.10. The molecule has 0 saturated carbocycles. The summed E-state index contributed by atoms with van der Waals surface area (Å²) in [5.41, 5.74) is 6.23. The van der Waals surface area contributed by atoms with Gasteiger partial charge in [-0.2, -0.15) is 0 Å². The number of hydrogen-bond acceptors (Lipinski definition) is 5. The molecule has 0 heterocycles. The summed E-state index contributed by atoms with van der Waals surface area (Å²) in [6, 6.07) is 2.91. The third-order valence-corrected chi connectivity index (χ3v) is 3.62. The van der Waals surface area contributed by atoms with E-state index < -0.39 is 10.0 Å². The quantitative estimate of drug-likeness (QED) is 0.489.